The molecular weight excluding hydrogens is 311 g/mol. The first kappa shape index (κ1) is 17.3. The number of piperidine rings is 1. The number of carbonyl (C=O) groups is 2. The average molecular weight is 329 g/mol. The molecule has 1 amide bonds. The fraction of sp³-hybridized carbons (Fsp3) is 0.500. The molecule has 1 aliphatic rings. The highest BCUT2D eigenvalue weighted by Crippen LogP contribution is 2.29. The van der Waals surface area contributed by atoms with Gasteiger partial charge in [0.1, 0.15) is 0 Å². The van der Waals surface area contributed by atoms with E-state index >= 15 is 0 Å². The molecule has 0 atom stereocenters. The van der Waals surface area contributed by atoms with Crippen LogP contribution in [0.4, 0.5) is 13.2 Å². The number of hydrogen-bond acceptors (Lipinski definition) is 3. The standard InChI is InChI=1S/C16H18F3NO3/c1-23-15(22)12-5-7-20(8-6-12)14(21)10-11-3-2-4-13(9-11)16(17,18)19/h2-4,9,12H,5-8,10H2,1H3. The first-order chi connectivity index (χ1) is 10.8. The van der Waals surface area contributed by atoms with Gasteiger partial charge in [0.15, 0.2) is 0 Å². The van der Waals surface area contributed by atoms with Crippen molar-refractivity contribution in [3.63, 3.8) is 0 Å². The maximum absolute atomic E-state index is 12.7. The Morgan fingerprint density at radius 2 is 1.91 bits per heavy atom. The number of nitrogens with zero attached hydrogens (tertiary/aromatic N) is 1. The second kappa shape index (κ2) is 7.02. The molecule has 4 nitrogen and oxygen atoms in total. The zero-order valence-corrected chi connectivity index (χ0v) is 12.7. The highest BCUT2D eigenvalue weighted by molar-refractivity contribution is 5.79. The Labute approximate surface area is 132 Å². The highest BCUT2D eigenvalue weighted by Gasteiger charge is 2.31. The van der Waals surface area contributed by atoms with Gasteiger partial charge in [-0.15, -0.1) is 0 Å². The van der Waals surface area contributed by atoms with Gasteiger partial charge in [0, 0.05) is 13.1 Å². The maximum atomic E-state index is 12.7. The Morgan fingerprint density at radius 1 is 1.26 bits per heavy atom. The number of esters is 1. The Kier molecular flexibility index (Phi) is 5.28. The molecule has 0 N–H and O–H groups in total. The molecule has 0 bridgehead atoms. The molecule has 1 fully saturated rings. The predicted molar refractivity (Wildman–Crippen MR) is 76.5 cm³/mol. The van der Waals surface area contributed by atoms with Crippen LogP contribution in [0.25, 0.3) is 0 Å². The lowest BCUT2D eigenvalue weighted by Gasteiger charge is -2.30. The molecule has 0 saturated carbocycles. The summed E-state index contributed by atoms with van der Waals surface area (Å²) in [6, 6.07) is 4.79. The minimum absolute atomic E-state index is 0.0766. The third-order valence-corrected chi connectivity index (χ3v) is 3.99. The summed E-state index contributed by atoms with van der Waals surface area (Å²) in [4.78, 5) is 25.2. The molecule has 1 saturated heterocycles. The van der Waals surface area contributed by atoms with Gasteiger partial charge in [0.2, 0.25) is 5.91 Å². The Balaban J connectivity index is 1.94. The topological polar surface area (TPSA) is 46.6 Å². The van der Waals surface area contributed by atoms with Crippen LogP contribution in [0.3, 0.4) is 0 Å². The predicted octanol–water partition coefficient (Wildman–Crippen LogP) is 2.66. The minimum atomic E-state index is -4.42. The van der Waals surface area contributed by atoms with Crippen LogP contribution in [-0.4, -0.2) is 37.0 Å². The van der Waals surface area contributed by atoms with E-state index in [-0.39, 0.29) is 24.2 Å². The number of ether oxygens (including phenoxy) is 1. The number of methoxy groups -OCH3 is 1. The molecule has 1 aromatic carbocycles. The van der Waals surface area contributed by atoms with Crippen LogP contribution < -0.4 is 0 Å². The number of halogens is 3. The molecule has 23 heavy (non-hydrogen) atoms. The Hall–Kier alpha value is -2.05. The molecular formula is C16H18F3NO3. The van der Waals surface area contributed by atoms with Crippen molar-refractivity contribution in [2.24, 2.45) is 5.92 Å². The quantitative estimate of drug-likeness (QED) is 0.801. The van der Waals surface area contributed by atoms with Gasteiger partial charge in [0.05, 0.1) is 25.0 Å². The van der Waals surface area contributed by atoms with Gasteiger partial charge in [-0.25, -0.2) is 0 Å². The lowest BCUT2D eigenvalue weighted by atomic mass is 9.96. The summed E-state index contributed by atoms with van der Waals surface area (Å²) >= 11 is 0. The number of amides is 1. The van der Waals surface area contributed by atoms with E-state index in [2.05, 4.69) is 4.74 Å². The van der Waals surface area contributed by atoms with Crippen molar-refractivity contribution in [1.29, 1.82) is 0 Å². The van der Waals surface area contributed by atoms with Crippen molar-refractivity contribution in [2.75, 3.05) is 20.2 Å². The van der Waals surface area contributed by atoms with Crippen LogP contribution in [0.1, 0.15) is 24.0 Å². The van der Waals surface area contributed by atoms with Crippen molar-refractivity contribution >= 4 is 11.9 Å². The van der Waals surface area contributed by atoms with Crippen LogP contribution >= 0.6 is 0 Å². The number of benzene rings is 1. The average Bonchev–Trinajstić information content (AvgIpc) is 2.53. The summed E-state index contributed by atoms with van der Waals surface area (Å²) < 4.78 is 42.7. The van der Waals surface area contributed by atoms with Gasteiger partial charge < -0.3 is 9.64 Å². The lowest BCUT2D eigenvalue weighted by Crippen LogP contribution is -2.41. The first-order valence-electron chi connectivity index (χ1n) is 7.33. The van der Waals surface area contributed by atoms with Crippen molar-refractivity contribution < 1.29 is 27.5 Å². The Morgan fingerprint density at radius 3 is 2.48 bits per heavy atom. The lowest BCUT2D eigenvalue weighted by molar-refractivity contribution is -0.148. The second-order valence-corrected chi connectivity index (χ2v) is 5.55. The molecule has 1 aliphatic heterocycles. The summed E-state index contributed by atoms with van der Waals surface area (Å²) in [5, 5.41) is 0. The summed E-state index contributed by atoms with van der Waals surface area (Å²) in [6.07, 6.45) is -3.47. The van der Waals surface area contributed by atoms with Crippen LogP contribution in [-0.2, 0) is 26.9 Å². The molecule has 0 radical (unpaired) electrons. The van der Waals surface area contributed by atoms with Gasteiger partial charge in [-0.05, 0) is 24.5 Å². The molecule has 7 heteroatoms. The molecule has 0 aromatic heterocycles. The fourth-order valence-corrected chi connectivity index (χ4v) is 2.68. The summed E-state index contributed by atoms with van der Waals surface area (Å²) in [5.41, 5.74) is -0.424. The smallest absolute Gasteiger partial charge is 0.416 e. The molecule has 1 heterocycles. The van der Waals surface area contributed by atoms with E-state index < -0.39 is 11.7 Å². The molecule has 126 valence electrons. The fourth-order valence-electron chi connectivity index (χ4n) is 2.68. The summed E-state index contributed by atoms with van der Waals surface area (Å²) in [6.45, 7) is 0.828. The van der Waals surface area contributed by atoms with E-state index in [1.54, 1.807) is 4.90 Å². The van der Waals surface area contributed by atoms with Crippen molar-refractivity contribution in [3.05, 3.63) is 35.4 Å². The molecule has 0 spiro atoms. The van der Waals surface area contributed by atoms with Crippen LogP contribution in [0.15, 0.2) is 24.3 Å². The van der Waals surface area contributed by atoms with Gasteiger partial charge >= 0.3 is 12.1 Å². The highest BCUT2D eigenvalue weighted by atomic mass is 19.4. The van der Waals surface area contributed by atoms with E-state index in [0.29, 0.717) is 31.5 Å². The third-order valence-electron chi connectivity index (χ3n) is 3.99. The van der Waals surface area contributed by atoms with E-state index in [0.717, 1.165) is 12.1 Å². The summed E-state index contributed by atoms with van der Waals surface area (Å²) in [7, 11) is 1.33. The van der Waals surface area contributed by atoms with Crippen molar-refractivity contribution in [1.82, 2.24) is 4.90 Å². The first-order valence-corrected chi connectivity index (χ1v) is 7.33. The number of hydrogen-bond donors (Lipinski definition) is 0. The van der Waals surface area contributed by atoms with Crippen molar-refractivity contribution in [2.45, 2.75) is 25.4 Å². The van der Waals surface area contributed by atoms with Gasteiger partial charge in [-0.3, -0.25) is 9.59 Å². The van der Waals surface area contributed by atoms with Crippen LogP contribution in [0.5, 0.6) is 0 Å². The normalized spacial score (nSPS) is 16.3. The van der Waals surface area contributed by atoms with Crippen molar-refractivity contribution in [3.8, 4) is 0 Å². The van der Waals surface area contributed by atoms with Gasteiger partial charge in [0.25, 0.3) is 0 Å². The Bertz CT molecular complexity index is 578. The van der Waals surface area contributed by atoms with E-state index in [1.807, 2.05) is 0 Å². The molecule has 1 aromatic rings. The number of carbonyl (C=O) groups excluding carboxylic acids is 2. The molecule has 0 unspecified atom stereocenters. The minimum Gasteiger partial charge on any atom is -0.469 e. The van der Waals surface area contributed by atoms with Gasteiger partial charge in [-0.1, -0.05) is 18.2 Å². The largest absolute Gasteiger partial charge is 0.469 e. The van der Waals surface area contributed by atoms with E-state index in [1.165, 1.54) is 19.2 Å². The third kappa shape index (κ3) is 4.46. The summed E-state index contributed by atoms with van der Waals surface area (Å²) in [5.74, 6) is -0.722. The molecule has 0 aliphatic carbocycles. The van der Waals surface area contributed by atoms with E-state index in [9.17, 15) is 22.8 Å². The van der Waals surface area contributed by atoms with Gasteiger partial charge in [-0.2, -0.15) is 13.2 Å². The number of likely N-dealkylation sites (tertiary alicyclic amines) is 1. The SMILES string of the molecule is COC(=O)C1CCN(C(=O)Cc2cccc(C(F)(F)F)c2)CC1. The molecule has 2 rings (SSSR count). The second-order valence-electron chi connectivity index (χ2n) is 5.55. The monoisotopic (exact) mass is 329 g/mol. The zero-order valence-electron chi connectivity index (χ0n) is 12.7. The number of alkyl halides is 3. The maximum Gasteiger partial charge on any atom is 0.416 e. The van der Waals surface area contributed by atoms with Crippen LogP contribution in [0.2, 0.25) is 0 Å². The van der Waals surface area contributed by atoms with Crippen LogP contribution in [0, 0.1) is 5.92 Å². The zero-order chi connectivity index (χ0) is 17.0. The number of rotatable bonds is 3. The van der Waals surface area contributed by atoms with E-state index in [4.69, 9.17) is 0 Å².